The van der Waals surface area contributed by atoms with E-state index in [1.54, 1.807) is 0 Å². The number of hydrogen-bond acceptors (Lipinski definition) is 7. The number of hydrogen-bond donors (Lipinski definition) is 2. The van der Waals surface area contributed by atoms with E-state index >= 15 is 0 Å². The molecule has 152 valence electrons. The molecule has 4 rings (SSSR count). The molecule has 0 spiro atoms. The first kappa shape index (κ1) is 19.7. The van der Waals surface area contributed by atoms with Gasteiger partial charge in [0, 0.05) is 23.8 Å². The number of aromatic nitrogens is 4. The lowest BCUT2D eigenvalue weighted by Crippen LogP contribution is -2.20. The minimum Gasteiger partial charge on any atom is -0.368 e. The highest BCUT2D eigenvalue weighted by Gasteiger charge is 2.11. The molecule has 0 atom stereocenters. The number of aryl methyl sites for hydroxylation is 1. The normalized spacial score (nSPS) is 11.2. The molecule has 0 saturated carbocycles. The van der Waals surface area contributed by atoms with Crippen molar-refractivity contribution in [2.75, 3.05) is 18.1 Å². The quantitative estimate of drug-likeness (QED) is 0.486. The van der Waals surface area contributed by atoms with Gasteiger partial charge in [0.25, 0.3) is 0 Å². The molecule has 0 unspecified atom stereocenters. The maximum atomic E-state index is 5.96. The number of nitrogens with two attached hydrogens (primary N) is 1. The van der Waals surface area contributed by atoms with E-state index in [1.807, 2.05) is 49.6 Å². The van der Waals surface area contributed by atoms with E-state index in [2.05, 4.69) is 55.3 Å². The molecule has 0 amide bonds. The van der Waals surface area contributed by atoms with Gasteiger partial charge in [0.05, 0.1) is 12.1 Å². The molecule has 2 aromatic heterocycles. The van der Waals surface area contributed by atoms with Gasteiger partial charge in [0.1, 0.15) is 5.82 Å². The largest absolute Gasteiger partial charge is 0.368 e. The molecule has 0 fully saturated rings. The molecule has 7 heteroatoms. The lowest BCUT2D eigenvalue weighted by molar-refractivity contribution is 0.311. The van der Waals surface area contributed by atoms with Crippen LogP contribution in [0, 0.1) is 0 Å². The van der Waals surface area contributed by atoms with Crippen LogP contribution in [0.2, 0.25) is 0 Å². The molecule has 0 aliphatic carbocycles. The summed E-state index contributed by atoms with van der Waals surface area (Å²) in [4.78, 5) is 19.7. The molecule has 7 nitrogen and oxygen atoms in total. The van der Waals surface area contributed by atoms with Crippen LogP contribution in [-0.4, -0.2) is 31.9 Å². The van der Waals surface area contributed by atoms with Crippen molar-refractivity contribution in [1.82, 2.24) is 24.8 Å². The lowest BCUT2D eigenvalue weighted by atomic mass is 10.1. The second kappa shape index (κ2) is 8.84. The Labute approximate surface area is 176 Å². The zero-order valence-electron chi connectivity index (χ0n) is 17.2. The van der Waals surface area contributed by atoms with Gasteiger partial charge in [0.15, 0.2) is 0 Å². The van der Waals surface area contributed by atoms with Crippen molar-refractivity contribution >= 4 is 28.5 Å². The number of anilines is 3. The number of para-hydroxylation sites is 2. The Kier molecular flexibility index (Phi) is 5.81. The summed E-state index contributed by atoms with van der Waals surface area (Å²) in [5.41, 5.74) is 10.3. The Morgan fingerprint density at radius 1 is 0.900 bits per heavy atom. The van der Waals surface area contributed by atoms with Crippen molar-refractivity contribution in [1.29, 1.82) is 0 Å². The van der Waals surface area contributed by atoms with Gasteiger partial charge >= 0.3 is 0 Å². The van der Waals surface area contributed by atoms with Crippen molar-refractivity contribution in [3.8, 4) is 0 Å². The predicted octanol–water partition coefficient (Wildman–Crippen LogP) is 3.94. The third-order valence-electron chi connectivity index (χ3n) is 4.93. The van der Waals surface area contributed by atoms with E-state index in [4.69, 9.17) is 5.73 Å². The zero-order chi connectivity index (χ0) is 20.9. The zero-order valence-corrected chi connectivity index (χ0v) is 17.2. The van der Waals surface area contributed by atoms with Gasteiger partial charge in [-0.3, -0.25) is 9.88 Å². The molecule has 0 aliphatic heterocycles. The third kappa shape index (κ3) is 4.52. The van der Waals surface area contributed by atoms with Crippen molar-refractivity contribution in [3.05, 3.63) is 77.7 Å². The molecule has 30 heavy (non-hydrogen) atoms. The molecule has 0 aliphatic rings. The summed E-state index contributed by atoms with van der Waals surface area (Å²) in [5.74, 6) is 1.29. The van der Waals surface area contributed by atoms with Crippen LogP contribution in [0.25, 0.3) is 10.9 Å². The van der Waals surface area contributed by atoms with E-state index in [0.29, 0.717) is 18.3 Å². The lowest BCUT2D eigenvalue weighted by Gasteiger charge is -2.17. The summed E-state index contributed by atoms with van der Waals surface area (Å²) >= 11 is 0. The van der Waals surface area contributed by atoms with Gasteiger partial charge in [-0.05, 0) is 42.8 Å². The van der Waals surface area contributed by atoms with Gasteiger partial charge in [0.2, 0.25) is 11.9 Å². The average Bonchev–Trinajstić information content (AvgIpc) is 2.74. The van der Waals surface area contributed by atoms with Gasteiger partial charge in [-0.2, -0.15) is 15.0 Å². The van der Waals surface area contributed by atoms with Crippen molar-refractivity contribution in [2.45, 2.75) is 26.4 Å². The molecule has 3 N–H and O–H groups in total. The van der Waals surface area contributed by atoms with E-state index in [9.17, 15) is 0 Å². The molecule has 0 saturated heterocycles. The van der Waals surface area contributed by atoms with Crippen LogP contribution >= 0.6 is 0 Å². The molecule has 2 heterocycles. The number of benzene rings is 2. The van der Waals surface area contributed by atoms with Crippen LogP contribution in [0.5, 0.6) is 0 Å². The van der Waals surface area contributed by atoms with Crippen molar-refractivity contribution in [3.63, 3.8) is 0 Å². The SMILES string of the molecule is CCc1ccccc1Nc1nc(N)nc(CN(C)Cc2ccnc3ccccc23)n1. The highest BCUT2D eigenvalue weighted by atomic mass is 15.2. The Morgan fingerprint density at radius 2 is 1.70 bits per heavy atom. The first-order chi connectivity index (χ1) is 14.6. The van der Waals surface area contributed by atoms with Crippen LogP contribution in [0.4, 0.5) is 17.6 Å². The molecule has 4 aromatic rings. The van der Waals surface area contributed by atoms with Gasteiger partial charge in [-0.1, -0.05) is 43.3 Å². The first-order valence-corrected chi connectivity index (χ1v) is 9.99. The maximum Gasteiger partial charge on any atom is 0.232 e. The highest BCUT2D eigenvalue weighted by Crippen LogP contribution is 2.20. The van der Waals surface area contributed by atoms with Crippen LogP contribution in [0.1, 0.15) is 23.9 Å². The number of pyridine rings is 1. The summed E-state index contributed by atoms with van der Waals surface area (Å²) in [6.45, 7) is 3.41. The van der Waals surface area contributed by atoms with Gasteiger partial charge < -0.3 is 11.1 Å². The monoisotopic (exact) mass is 399 g/mol. The summed E-state index contributed by atoms with van der Waals surface area (Å²) in [7, 11) is 2.04. The Bertz CT molecular complexity index is 1150. The van der Waals surface area contributed by atoms with E-state index in [-0.39, 0.29) is 5.95 Å². The van der Waals surface area contributed by atoms with Gasteiger partial charge in [-0.25, -0.2) is 0 Å². The van der Waals surface area contributed by atoms with Crippen molar-refractivity contribution in [2.24, 2.45) is 0 Å². The first-order valence-electron chi connectivity index (χ1n) is 9.99. The fourth-order valence-corrected chi connectivity index (χ4v) is 3.52. The van der Waals surface area contributed by atoms with Crippen LogP contribution in [0.15, 0.2) is 60.8 Å². The number of nitrogen functional groups attached to an aromatic ring is 1. The number of nitrogens with zero attached hydrogens (tertiary/aromatic N) is 5. The smallest absolute Gasteiger partial charge is 0.232 e. The van der Waals surface area contributed by atoms with E-state index < -0.39 is 0 Å². The van der Waals surface area contributed by atoms with Crippen LogP contribution in [-0.2, 0) is 19.5 Å². The standard InChI is InChI=1S/C23H25N7/c1-3-16-8-4-6-10-19(16)26-23-28-21(27-22(24)29-23)15-30(2)14-17-12-13-25-20-11-7-5-9-18(17)20/h4-13H,3,14-15H2,1-2H3,(H3,24,26,27,28,29). The third-order valence-corrected chi connectivity index (χ3v) is 4.93. The summed E-state index contributed by atoms with van der Waals surface area (Å²) in [6.07, 6.45) is 2.76. The number of fused-ring (bicyclic) bond motifs is 1. The Hall–Kier alpha value is -3.58. The van der Waals surface area contributed by atoms with Crippen LogP contribution in [0.3, 0.4) is 0 Å². The van der Waals surface area contributed by atoms with Gasteiger partial charge in [-0.15, -0.1) is 0 Å². The number of rotatable bonds is 7. The molecular formula is C23H25N7. The minimum atomic E-state index is 0.208. The summed E-state index contributed by atoms with van der Waals surface area (Å²) in [6, 6.07) is 18.3. The molecule has 2 aromatic carbocycles. The predicted molar refractivity (Wildman–Crippen MR) is 120 cm³/mol. The second-order valence-electron chi connectivity index (χ2n) is 7.23. The Morgan fingerprint density at radius 3 is 2.57 bits per heavy atom. The average molecular weight is 400 g/mol. The Balaban J connectivity index is 1.51. The second-order valence-corrected chi connectivity index (χ2v) is 7.23. The fourth-order valence-electron chi connectivity index (χ4n) is 3.52. The summed E-state index contributed by atoms with van der Waals surface area (Å²) < 4.78 is 0. The minimum absolute atomic E-state index is 0.208. The fraction of sp³-hybridized carbons (Fsp3) is 0.217. The summed E-state index contributed by atoms with van der Waals surface area (Å²) in [5, 5.41) is 4.44. The van der Waals surface area contributed by atoms with E-state index in [1.165, 1.54) is 11.1 Å². The van der Waals surface area contributed by atoms with Crippen LogP contribution < -0.4 is 11.1 Å². The topological polar surface area (TPSA) is 92.8 Å². The van der Waals surface area contributed by atoms with Crippen molar-refractivity contribution < 1.29 is 0 Å². The molecule has 0 radical (unpaired) electrons. The highest BCUT2D eigenvalue weighted by molar-refractivity contribution is 5.81. The molecular weight excluding hydrogens is 374 g/mol. The van der Waals surface area contributed by atoms with E-state index in [0.717, 1.165) is 29.6 Å². The number of nitrogens with one attached hydrogen (secondary N) is 1. The molecule has 0 bridgehead atoms. The maximum absolute atomic E-state index is 5.96.